The van der Waals surface area contributed by atoms with E-state index in [0.717, 1.165) is 5.71 Å². The van der Waals surface area contributed by atoms with E-state index in [1.807, 2.05) is 0 Å². The molecule has 2 aliphatic rings. The summed E-state index contributed by atoms with van der Waals surface area (Å²) in [6, 6.07) is 0. The summed E-state index contributed by atoms with van der Waals surface area (Å²) in [5, 5.41) is 24.9. The van der Waals surface area contributed by atoms with Crippen LogP contribution in [0, 0.1) is 5.92 Å². The molecule has 2 aliphatic heterocycles. The number of aromatic amines is 1. The maximum absolute atomic E-state index is 12.1. The Morgan fingerprint density at radius 2 is 2.38 bits per heavy atom. The number of hydrazone groups is 1. The van der Waals surface area contributed by atoms with E-state index >= 15 is 0 Å². The second-order valence-corrected chi connectivity index (χ2v) is 7.96. The Kier molecular flexibility index (Phi) is 7.22. The molecule has 26 heavy (non-hydrogen) atoms. The number of aliphatic hydroxyl groups is 1. The van der Waals surface area contributed by atoms with Crippen LogP contribution in [0.3, 0.4) is 0 Å². The van der Waals surface area contributed by atoms with Crippen molar-refractivity contribution in [3.8, 4) is 0 Å². The van der Waals surface area contributed by atoms with Crippen LogP contribution in [0.4, 0.5) is 5.95 Å². The largest absolute Gasteiger partial charge is 1.00 e. The summed E-state index contributed by atoms with van der Waals surface area (Å²) >= 11 is 2.54. The van der Waals surface area contributed by atoms with Gasteiger partial charge in [-0.25, -0.2) is 10.4 Å². The van der Waals surface area contributed by atoms with Gasteiger partial charge < -0.3 is 20.0 Å². The standard InChI is InChI=1S/C14H17N5O4S2.Na/c1-6(17-18-14-15-3-4-16-14)5-24-13-9(12(22)23)19-10(21)8(7(2)20)11(19)25-13;/h3-4,7-8,11,20H,5H2,1-2H3,(H,22,23)(H2,15,16,18);/q;+1/p-1/t7?,8-,11+;/m0./s1. The SMILES string of the molecule is CC(CSC1=C(C(=O)[O-])N2C(=O)[C@H](C(C)O)[C@H]2S1)=NNc1ncc[nH]1.[Na+]. The van der Waals surface area contributed by atoms with Gasteiger partial charge in [0.25, 0.3) is 0 Å². The summed E-state index contributed by atoms with van der Waals surface area (Å²) in [4.78, 5) is 31.6. The van der Waals surface area contributed by atoms with E-state index in [0.29, 0.717) is 15.9 Å². The summed E-state index contributed by atoms with van der Waals surface area (Å²) in [7, 11) is 0. The Bertz CT molecular complexity index is 753. The Hall–Kier alpha value is -0.980. The Labute approximate surface area is 180 Å². The molecule has 0 aromatic carbocycles. The number of carboxylic acids is 1. The summed E-state index contributed by atoms with van der Waals surface area (Å²) in [6.07, 6.45) is 2.43. The molecule has 0 aliphatic carbocycles. The average Bonchev–Trinajstić information content (AvgIpc) is 3.16. The molecule has 12 heteroatoms. The molecule has 0 bridgehead atoms. The van der Waals surface area contributed by atoms with Gasteiger partial charge in [0.1, 0.15) is 5.37 Å². The molecule has 1 aromatic heterocycles. The first-order chi connectivity index (χ1) is 11.9. The second-order valence-electron chi connectivity index (χ2n) is 5.59. The molecular formula is C14H16N5NaO4S2. The van der Waals surface area contributed by atoms with Crippen molar-refractivity contribution in [1.82, 2.24) is 14.9 Å². The smallest absolute Gasteiger partial charge is 0.543 e. The van der Waals surface area contributed by atoms with E-state index in [1.54, 1.807) is 19.3 Å². The van der Waals surface area contributed by atoms with Gasteiger partial charge in [0, 0.05) is 23.9 Å². The number of nitrogens with zero attached hydrogens (tertiary/aromatic N) is 3. The van der Waals surface area contributed by atoms with E-state index in [1.165, 1.54) is 35.3 Å². The van der Waals surface area contributed by atoms with Crippen molar-refractivity contribution in [3.63, 3.8) is 0 Å². The van der Waals surface area contributed by atoms with Gasteiger partial charge in [0.15, 0.2) is 0 Å². The first-order valence-corrected chi connectivity index (χ1v) is 9.31. The number of carboxylic acid groups (broad SMARTS) is 1. The van der Waals surface area contributed by atoms with Crippen LogP contribution >= 0.6 is 23.5 Å². The fourth-order valence-electron chi connectivity index (χ4n) is 2.52. The number of thioether (sulfide) groups is 2. The minimum Gasteiger partial charge on any atom is -0.543 e. The van der Waals surface area contributed by atoms with Crippen molar-refractivity contribution < 1.29 is 49.4 Å². The van der Waals surface area contributed by atoms with E-state index < -0.39 is 18.0 Å². The predicted molar refractivity (Wildman–Crippen MR) is 93.2 cm³/mol. The first kappa shape index (κ1) is 21.3. The Balaban J connectivity index is 0.00000243. The fraction of sp³-hybridized carbons (Fsp3) is 0.429. The number of amides is 1. The van der Waals surface area contributed by atoms with E-state index in [-0.39, 0.29) is 46.5 Å². The van der Waals surface area contributed by atoms with Crippen molar-refractivity contribution in [2.24, 2.45) is 11.0 Å². The van der Waals surface area contributed by atoms with Gasteiger partial charge in [-0.2, -0.15) is 5.10 Å². The number of rotatable bonds is 7. The zero-order valence-corrected chi connectivity index (χ0v) is 18.1. The molecule has 1 fully saturated rings. The Morgan fingerprint density at radius 1 is 1.65 bits per heavy atom. The van der Waals surface area contributed by atoms with Crippen LogP contribution in [0.2, 0.25) is 0 Å². The van der Waals surface area contributed by atoms with Crippen molar-refractivity contribution in [2.75, 3.05) is 11.2 Å². The molecule has 3 N–H and O–H groups in total. The number of hydrogen-bond acceptors (Lipinski definition) is 9. The first-order valence-electron chi connectivity index (χ1n) is 7.45. The molecule has 134 valence electrons. The van der Waals surface area contributed by atoms with Crippen LogP contribution in [-0.2, 0) is 9.59 Å². The van der Waals surface area contributed by atoms with Crippen molar-refractivity contribution in [2.45, 2.75) is 25.3 Å². The molecule has 9 nitrogen and oxygen atoms in total. The number of fused-ring (bicyclic) bond motifs is 1. The number of carbonyl (C=O) groups is 2. The van der Waals surface area contributed by atoms with Crippen LogP contribution in [0.1, 0.15) is 13.8 Å². The summed E-state index contributed by atoms with van der Waals surface area (Å²) in [5.74, 6) is -1.43. The quantitative estimate of drug-likeness (QED) is 0.187. The number of anilines is 1. The summed E-state index contributed by atoms with van der Waals surface area (Å²) in [6.45, 7) is 3.32. The van der Waals surface area contributed by atoms with Crippen molar-refractivity contribution in [1.29, 1.82) is 0 Å². The van der Waals surface area contributed by atoms with Gasteiger partial charge in [0.2, 0.25) is 11.9 Å². The van der Waals surface area contributed by atoms with Crippen LogP contribution in [-0.4, -0.2) is 54.8 Å². The topological polar surface area (TPSA) is 134 Å². The molecular weight excluding hydrogens is 389 g/mol. The van der Waals surface area contributed by atoms with Gasteiger partial charge in [-0.15, -0.1) is 11.8 Å². The minimum atomic E-state index is -1.39. The monoisotopic (exact) mass is 405 g/mol. The van der Waals surface area contributed by atoms with Crippen molar-refractivity contribution >= 4 is 47.1 Å². The van der Waals surface area contributed by atoms with Crippen LogP contribution in [0.25, 0.3) is 0 Å². The zero-order chi connectivity index (χ0) is 18.1. The Morgan fingerprint density at radius 3 is 2.96 bits per heavy atom. The number of imidazole rings is 1. The van der Waals surface area contributed by atoms with Gasteiger partial charge in [-0.1, -0.05) is 11.8 Å². The average molecular weight is 405 g/mol. The third-order valence-electron chi connectivity index (χ3n) is 3.72. The number of aliphatic hydroxyl groups excluding tert-OH is 1. The van der Waals surface area contributed by atoms with Crippen molar-refractivity contribution in [3.05, 3.63) is 22.3 Å². The predicted octanol–water partition coefficient (Wildman–Crippen LogP) is -3.23. The molecule has 1 aromatic rings. The second kappa shape index (κ2) is 8.81. The van der Waals surface area contributed by atoms with Gasteiger partial charge >= 0.3 is 29.6 Å². The molecule has 3 atom stereocenters. The van der Waals surface area contributed by atoms with Crippen LogP contribution in [0.15, 0.2) is 27.4 Å². The summed E-state index contributed by atoms with van der Waals surface area (Å²) < 4.78 is 0.494. The maximum atomic E-state index is 12.1. The van der Waals surface area contributed by atoms with Crippen LogP contribution in [0.5, 0.6) is 0 Å². The van der Waals surface area contributed by atoms with Gasteiger partial charge in [-0.05, 0) is 13.8 Å². The van der Waals surface area contributed by atoms with E-state index in [4.69, 9.17) is 0 Å². The molecule has 0 spiro atoms. The number of aromatic nitrogens is 2. The molecule has 0 saturated carbocycles. The van der Waals surface area contributed by atoms with Crippen LogP contribution < -0.4 is 40.1 Å². The molecule has 3 heterocycles. The molecule has 1 unspecified atom stereocenters. The fourth-order valence-corrected chi connectivity index (χ4v) is 5.30. The number of β-lactam (4-membered cyclic amide) rings is 1. The minimum absolute atomic E-state index is 0. The van der Waals surface area contributed by atoms with E-state index in [2.05, 4.69) is 20.5 Å². The molecule has 1 saturated heterocycles. The van der Waals surface area contributed by atoms with Gasteiger partial charge in [-0.3, -0.25) is 9.69 Å². The molecule has 1 amide bonds. The van der Waals surface area contributed by atoms with Gasteiger partial charge in [0.05, 0.1) is 27.9 Å². The number of nitrogens with one attached hydrogen (secondary N) is 2. The molecule has 3 rings (SSSR count). The number of H-pyrrole nitrogens is 1. The zero-order valence-electron chi connectivity index (χ0n) is 14.4. The third-order valence-corrected chi connectivity index (χ3v) is 6.54. The normalized spacial score (nSPS) is 23.3. The maximum Gasteiger partial charge on any atom is 1.00 e. The van der Waals surface area contributed by atoms with E-state index in [9.17, 15) is 19.8 Å². The number of carbonyl (C=O) groups excluding carboxylic acids is 2. The number of aliphatic carboxylic acids is 1. The third kappa shape index (κ3) is 4.12. The molecule has 0 radical (unpaired) electrons. The summed E-state index contributed by atoms with van der Waals surface area (Å²) in [5.41, 5.74) is 3.36. The number of hydrogen-bond donors (Lipinski definition) is 3.